The molecule has 1 unspecified atom stereocenters. The summed E-state index contributed by atoms with van der Waals surface area (Å²) < 4.78 is 10.3. The third-order valence-electron chi connectivity index (χ3n) is 3.68. The van der Waals surface area contributed by atoms with E-state index in [1.807, 2.05) is 0 Å². The van der Waals surface area contributed by atoms with E-state index in [1.165, 1.54) is 35.0 Å². The van der Waals surface area contributed by atoms with Gasteiger partial charge in [0.05, 0.1) is 19.6 Å². The van der Waals surface area contributed by atoms with E-state index in [1.54, 1.807) is 18.2 Å². The van der Waals surface area contributed by atoms with Crippen LogP contribution in [0.4, 0.5) is 0 Å². The molecule has 0 aliphatic rings. The Hall–Kier alpha value is -1.75. The van der Waals surface area contributed by atoms with Crippen LogP contribution in [-0.4, -0.2) is 30.4 Å². The first-order valence-corrected chi connectivity index (χ1v) is 5.86. The Bertz CT molecular complexity index is 477. The van der Waals surface area contributed by atoms with E-state index in [-0.39, 0.29) is 0 Å². The summed E-state index contributed by atoms with van der Waals surface area (Å²) in [7, 11) is 2.97. The van der Waals surface area contributed by atoms with Gasteiger partial charge >= 0.3 is 5.97 Å². The first-order valence-electron chi connectivity index (χ1n) is 5.86. The highest BCUT2D eigenvalue weighted by Crippen LogP contribution is 2.44. The molecule has 0 bridgehead atoms. The van der Waals surface area contributed by atoms with Crippen molar-refractivity contribution >= 4 is 5.97 Å². The molecule has 0 radical (unpaired) electrons. The summed E-state index contributed by atoms with van der Waals surface area (Å²) >= 11 is 0. The standard InChI is InChI=1S/C14H20O5/c1-13(2,12(15)16)14(3,17)10-8-9(18-4)6-7-11(10)19-5/h6-8,17H,1-5H3,(H,15,16). The predicted octanol–water partition coefficient (Wildman–Crippen LogP) is 2.02. The normalized spacial score (nSPS) is 14.6. The number of methoxy groups -OCH3 is 2. The number of ether oxygens (including phenoxy) is 2. The van der Waals surface area contributed by atoms with Crippen LogP contribution in [-0.2, 0) is 10.4 Å². The minimum atomic E-state index is -1.61. The van der Waals surface area contributed by atoms with Crippen molar-refractivity contribution in [3.05, 3.63) is 23.8 Å². The molecule has 0 spiro atoms. The van der Waals surface area contributed by atoms with Gasteiger partial charge in [-0.25, -0.2) is 0 Å². The van der Waals surface area contributed by atoms with Gasteiger partial charge in [-0.3, -0.25) is 4.79 Å². The first-order chi connectivity index (χ1) is 8.68. The number of rotatable bonds is 5. The van der Waals surface area contributed by atoms with Gasteiger partial charge in [-0.05, 0) is 39.0 Å². The fourth-order valence-electron chi connectivity index (χ4n) is 1.74. The van der Waals surface area contributed by atoms with Crippen LogP contribution in [0.2, 0.25) is 0 Å². The van der Waals surface area contributed by atoms with Crippen molar-refractivity contribution < 1.29 is 24.5 Å². The van der Waals surface area contributed by atoms with Crippen LogP contribution in [0.3, 0.4) is 0 Å². The molecule has 1 aromatic rings. The molecular weight excluding hydrogens is 248 g/mol. The SMILES string of the molecule is COc1ccc(OC)c(C(C)(O)C(C)(C)C(=O)O)c1. The Kier molecular flexibility index (Phi) is 4.10. The molecule has 0 aromatic heterocycles. The van der Waals surface area contributed by atoms with Gasteiger partial charge in [-0.15, -0.1) is 0 Å². The van der Waals surface area contributed by atoms with Gasteiger partial charge in [0.15, 0.2) is 0 Å². The lowest BCUT2D eigenvalue weighted by atomic mass is 9.71. The highest BCUT2D eigenvalue weighted by Gasteiger charge is 2.48. The third kappa shape index (κ3) is 2.51. The molecule has 0 aliphatic carbocycles. The van der Waals surface area contributed by atoms with Crippen LogP contribution >= 0.6 is 0 Å². The van der Waals surface area contributed by atoms with E-state index in [4.69, 9.17) is 9.47 Å². The Morgan fingerprint density at radius 1 is 1.16 bits per heavy atom. The summed E-state index contributed by atoms with van der Waals surface area (Å²) in [5.74, 6) is -0.153. The third-order valence-corrected chi connectivity index (χ3v) is 3.68. The summed E-state index contributed by atoms with van der Waals surface area (Å²) in [6, 6.07) is 4.91. The zero-order chi connectivity index (χ0) is 14.8. The lowest BCUT2D eigenvalue weighted by Crippen LogP contribution is -2.45. The lowest BCUT2D eigenvalue weighted by molar-refractivity contribution is -0.164. The van der Waals surface area contributed by atoms with Crippen molar-refractivity contribution in [2.24, 2.45) is 5.41 Å². The number of carboxylic acid groups (broad SMARTS) is 1. The maximum Gasteiger partial charge on any atom is 0.312 e. The van der Waals surface area contributed by atoms with Gasteiger partial charge in [-0.2, -0.15) is 0 Å². The largest absolute Gasteiger partial charge is 0.497 e. The van der Waals surface area contributed by atoms with Crippen LogP contribution in [0.15, 0.2) is 18.2 Å². The van der Waals surface area contributed by atoms with Crippen molar-refractivity contribution in [1.82, 2.24) is 0 Å². The van der Waals surface area contributed by atoms with Crippen LogP contribution in [0.25, 0.3) is 0 Å². The predicted molar refractivity (Wildman–Crippen MR) is 70.5 cm³/mol. The quantitative estimate of drug-likeness (QED) is 0.854. The molecule has 19 heavy (non-hydrogen) atoms. The highest BCUT2D eigenvalue weighted by atomic mass is 16.5. The molecule has 0 heterocycles. The van der Waals surface area contributed by atoms with Gasteiger partial charge in [-0.1, -0.05) is 0 Å². The second-order valence-corrected chi connectivity index (χ2v) is 5.07. The summed E-state index contributed by atoms with van der Waals surface area (Å²) in [5, 5.41) is 20.0. The molecule has 0 aliphatic heterocycles. The van der Waals surface area contributed by atoms with Gasteiger partial charge in [0.25, 0.3) is 0 Å². The summed E-state index contributed by atoms with van der Waals surface area (Å²) in [6.45, 7) is 4.39. The van der Waals surface area contributed by atoms with E-state index >= 15 is 0 Å². The number of hydrogen-bond donors (Lipinski definition) is 2. The summed E-state index contributed by atoms with van der Waals surface area (Å²) in [5.41, 5.74) is -2.62. The zero-order valence-electron chi connectivity index (χ0n) is 11.9. The molecule has 1 aromatic carbocycles. The smallest absolute Gasteiger partial charge is 0.312 e. The average Bonchev–Trinajstić information content (AvgIpc) is 2.37. The molecule has 0 fully saturated rings. The minimum absolute atomic E-state index is 0.377. The summed E-state index contributed by atoms with van der Waals surface area (Å²) in [4.78, 5) is 11.4. The average molecular weight is 268 g/mol. The second kappa shape index (κ2) is 5.09. The van der Waals surface area contributed by atoms with Gasteiger partial charge in [0.1, 0.15) is 17.1 Å². The number of aliphatic carboxylic acids is 1. The van der Waals surface area contributed by atoms with Crippen LogP contribution in [0.1, 0.15) is 26.3 Å². The number of hydrogen-bond acceptors (Lipinski definition) is 4. The van der Waals surface area contributed by atoms with Crippen LogP contribution in [0, 0.1) is 5.41 Å². The Morgan fingerprint density at radius 2 is 1.74 bits per heavy atom. The molecular formula is C14H20O5. The Labute approximate surface area is 112 Å². The second-order valence-electron chi connectivity index (χ2n) is 5.07. The molecule has 0 saturated carbocycles. The number of benzene rings is 1. The van der Waals surface area contributed by atoms with Crippen molar-refractivity contribution in [2.75, 3.05) is 14.2 Å². The van der Waals surface area contributed by atoms with Gasteiger partial charge in [0, 0.05) is 5.56 Å². The number of carbonyl (C=O) groups is 1. The van der Waals surface area contributed by atoms with Crippen molar-refractivity contribution in [3.8, 4) is 11.5 Å². The topological polar surface area (TPSA) is 76.0 Å². The Balaban J connectivity index is 3.45. The molecule has 0 saturated heterocycles. The van der Waals surface area contributed by atoms with E-state index in [0.717, 1.165) is 0 Å². The fraction of sp³-hybridized carbons (Fsp3) is 0.500. The van der Waals surface area contributed by atoms with E-state index in [0.29, 0.717) is 17.1 Å². The molecule has 106 valence electrons. The van der Waals surface area contributed by atoms with Gasteiger partial charge < -0.3 is 19.7 Å². The molecule has 0 amide bonds. The van der Waals surface area contributed by atoms with Crippen molar-refractivity contribution in [3.63, 3.8) is 0 Å². The molecule has 5 nitrogen and oxygen atoms in total. The van der Waals surface area contributed by atoms with Gasteiger partial charge in [0.2, 0.25) is 0 Å². The number of carboxylic acids is 1. The number of aliphatic hydroxyl groups is 1. The maximum atomic E-state index is 11.4. The maximum absolute atomic E-state index is 11.4. The highest BCUT2D eigenvalue weighted by molar-refractivity contribution is 5.76. The molecule has 1 rings (SSSR count). The van der Waals surface area contributed by atoms with Crippen molar-refractivity contribution in [1.29, 1.82) is 0 Å². The molecule has 2 N–H and O–H groups in total. The monoisotopic (exact) mass is 268 g/mol. The zero-order valence-corrected chi connectivity index (χ0v) is 11.9. The van der Waals surface area contributed by atoms with Crippen molar-refractivity contribution in [2.45, 2.75) is 26.4 Å². The molecule has 1 atom stereocenters. The fourth-order valence-corrected chi connectivity index (χ4v) is 1.74. The van der Waals surface area contributed by atoms with Crippen LogP contribution in [0.5, 0.6) is 11.5 Å². The van der Waals surface area contributed by atoms with E-state index < -0.39 is 17.0 Å². The van der Waals surface area contributed by atoms with Crippen LogP contribution < -0.4 is 9.47 Å². The molecule has 5 heteroatoms. The Morgan fingerprint density at radius 3 is 2.16 bits per heavy atom. The lowest BCUT2D eigenvalue weighted by Gasteiger charge is -2.37. The van der Waals surface area contributed by atoms with E-state index in [9.17, 15) is 15.0 Å². The van der Waals surface area contributed by atoms with E-state index in [2.05, 4.69) is 0 Å². The first kappa shape index (κ1) is 15.3. The summed E-state index contributed by atoms with van der Waals surface area (Å²) in [6.07, 6.45) is 0. The minimum Gasteiger partial charge on any atom is -0.497 e.